The van der Waals surface area contributed by atoms with Gasteiger partial charge in [0.25, 0.3) is 5.91 Å². The number of rotatable bonds is 7. The van der Waals surface area contributed by atoms with Gasteiger partial charge in [-0.05, 0) is 35.7 Å². The summed E-state index contributed by atoms with van der Waals surface area (Å²) in [6, 6.07) is 6.31. The molecule has 146 valence electrons. The molecule has 0 aliphatic rings. The lowest BCUT2D eigenvalue weighted by Crippen LogP contribution is -2.29. The van der Waals surface area contributed by atoms with E-state index >= 15 is 0 Å². The zero-order valence-electron chi connectivity index (χ0n) is 15.5. The predicted octanol–water partition coefficient (Wildman–Crippen LogP) is 2.81. The van der Waals surface area contributed by atoms with Gasteiger partial charge in [0.1, 0.15) is 5.82 Å². The molecule has 0 fully saturated rings. The second-order valence-electron chi connectivity index (χ2n) is 6.39. The lowest BCUT2D eigenvalue weighted by molar-refractivity contribution is -0.123. The minimum absolute atomic E-state index is 0.220. The Hall–Kier alpha value is -3.07. The molecule has 2 heterocycles. The zero-order valence-corrected chi connectivity index (χ0v) is 16.3. The second-order valence-corrected chi connectivity index (χ2v) is 7.23. The Bertz CT molecular complexity index is 984. The molecule has 0 aliphatic carbocycles. The van der Waals surface area contributed by atoms with Crippen LogP contribution in [0.1, 0.15) is 13.8 Å². The molecule has 0 atom stereocenters. The highest BCUT2D eigenvalue weighted by atomic mass is 32.1. The quantitative estimate of drug-likeness (QED) is 0.617. The van der Waals surface area contributed by atoms with Crippen molar-refractivity contribution < 1.29 is 13.9 Å². The van der Waals surface area contributed by atoms with E-state index in [4.69, 9.17) is 4.74 Å². The Kier molecular flexibility index (Phi) is 6.49. The summed E-state index contributed by atoms with van der Waals surface area (Å²) in [6.07, 6.45) is 4.43. The molecule has 0 spiro atoms. The van der Waals surface area contributed by atoms with E-state index in [1.165, 1.54) is 42.1 Å². The SMILES string of the molecule is CC(C)Cn1c(-c2ccc(F)cc2)cs/c1=N\NC(=O)COc1cnccn1. The highest BCUT2D eigenvalue weighted by Gasteiger charge is 2.10. The average Bonchev–Trinajstić information content (AvgIpc) is 3.08. The number of hydrogen-bond acceptors (Lipinski definition) is 6. The standard InChI is InChI=1S/C19H20FN5O2S/c1-13(2)10-25-16(14-3-5-15(20)6-4-14)12-28-19(25)24-23-17(26)11-27-18-9-21-7-8-22-18/h3-9,12-13H,10-11H2,1-2H3,(H,23,26)/b24-19-. The van der Waals surface area contributed by atoms with Crippen LogP contribution < -0.4 is 15.0 Å². The topological polar surface area (TPSA) is 81.4 Å². The molecular weight excluding hydrogens is 381 g/mol. The number of carbonyl (C=O) groups is 1. The van der Waals surface area contributed by atoms with Crippen molar-refractivity contribution in [3.63, 3.8) is 0 Å². The van der Waals surface area contributed by atoms with E-state index in [1.54, 1.807) is 12.1 Å². The van der Waals surface area contributed by atoms with Gasteiger partial charge in [0.2, 0.25) is 10.7 Å². The first kappa shape index (κ1) is 19.7. The van der Waals surface area contributed by atoms with Crippen molar-refractivity contribution in [1.82, 2.24) is 20.0 Å². The number of nitrogens with zero attached hydrogens (tertiary/aromatic N) is 4. The monoisotopic (exact) mass is 401 g/mol. The summed E-state index contributed by atoms with van der Waals surface area (Å²) in [4.78, 5) is 20.5. The summed E-state index contributed by atoms with van der Waals surface area (Å²) in [5, 5.41) is 6.17. The van der Waals surface area contributed by atoms with Crippen LogP contribution in [0.2, 0.25) is 0 Å². The molecule has 0 unspecified atom stereocenters. The largest absolute Gasteiger partial charge is 0.466 e. The van der Waals surface area contributed by atoms with E-state index < -0.39 is 5.91 Å². The van der Waals surface area contributed by atoms with Crippen molar-refractivity contribution in [2.24, 2.45) is 11.0 Å². The summed E-state index contributed by atoms with van der Waals surface area (Å²) >= 11 is 1.40. The molecule has 1 aromatic carbocycles. The number of benzene rings is 1. The fourth-order valence-electron chi connectivity index (χ4n) is 2.45. The molecule has 2 aromatic heterocycles. The van der Waals surface area contributed by atoms with Gasteiger partial charge in [0.05, 0.1) is 11.9 Å². The highest BCUT2D eigenvalue weighted by molar-refractivity contribution is 7.07. The normalized spacial score (nSPS) is 11.6. The molecule has 9 heteroatoms. The average molecular weight is 401 g/mol. The first-order chi connectivity index (χ1) is 13.5. The van der Waals surface area contributed by atoms with Gasteiger partial charge in [0, 0.05) is 24.3 Å². The Labute approximate surface area is 165 Å². The van der Waals surface area contributed by atoms with Crippen LogP contribution in [0.3, 0.4) is 0 Å². The van der Waals surface area contributed by atoms with E-state index in [-0.39, 0.29) is 18.3 Å². The van der Waals surface area contributed by atoms with Crippen LogP contribution >= 0.6 is 11.3 Å². The third-order valence-electron chi connectivity index (χ3n) is 3.65. The predicted molar refractivity (Wildman–Crippen MR) is 104 cm³/mol. The maximum Gasteiger partial charge on any atom is 0.278 e. The maximum atomic E-state index is 13.2. The van der Waals surface area contributed by atoms with Gasteiger partial charge in [-0.1, -0.05) is 13.8 Å². The molecule has 0 aliphatic heterocycles. The van der Waals surface area contributed by atoms with Crippen molar-refractivity contribution in [3.8, 4) is 17.1 Å². The van der Waals surface area contributed by atoms with Gasteiger partial charge < -0.3 is 9.30 Å². The lowest BCUT2D eigenvalue weighted by atomic mass is 10.1. The van der Waals surface area contributed by atoms with Crippen molar-refractivity contribution in [2.45, 2.75) is 20.4 Å². The molecular formula is C19H20FN5O2S. The molecule has 0 bridgehead atoms. The number of thiazole rings is 1. The minimum atomic E-state index is -0.404. The summed E-state index contributed by atoms with van der Waals surface area (Å²) in [5.41, 5.74) is 4.30. The Morgan fingerprint density at radius 2 is 2.11 bits per heavy atom. The van der Waals surface area contributed by atoms with Gasteiger partial charge in [-0.25, -0.2) is 14.8 Å². The third kappa shape index (κ3) is 5.23. The van der Waals surface area contributed by atoms with Crippen LogP contribution in [0.4, 0.5) is 4.39 Å². The van der Waals surface area contributed by atoms with Crippen LogP contribution in [0.25, 0.3) is 11.3 Å². The fraction of sp³-hybridized carbons (Fsp3) is 0.263. The van der Waals surface area contributed by atoms with E-state index in [2.05, 4.69) is 34.3 Å². The minimum Gasteiger partial charge on any atom is -0.466 e. The van der Waals surface area contributed by atoms with E-state index in [0.29, 0.717) is 17.3 Å². The van der Waals surface area contributed by atoms with E-state index in [0.717, 1.165) is 11.3 Å². The van der Waals surface area contributed by atoms with Crippen molar-refractivity contribution >= 4 is 17.2 Å². The summed E-state index contributed by atoms with van der Waals surface area (Å²) in [5.74, 6) is -0.0566. The molecule has 0 radical (unpaired) electrons. The number of amides is 1. The highest BCUT2D eigenvalue weighted by Crippen LogP contribution is 2.21. The van der Waals surface area contributed by atoms with Crippen molar-refractivity contribution in [1.29, 1.82) is 0 Å². The fourth-order valence-corrected chi connectivity index (χ4v) is 3.33. The molecule has 7 nitrogen and oxygen atoms in total. The molecule has 1 N–H and O–H groups in total. The summed E-state index contributed by atoms with van der Waals surface area (Å²) in [7, 11) is 0. The first-order valence-corrected chi connectivity index (χ1v) is 9.56. The number of halogens is 1. The number of aromatic nitrogens is 3. The first-order valence-electron chi connectivity index (χ1n) is 8.68. The summed E-state index contributed by atoms with van der Waals surface area (Å²) in [6.45, 7) is 4.68. The summed E-state index contributed by atoms with van der Waals surface area (Å²) < 4.78 is 20.5. The van der Waals surface area contributed by atoms with E-state index in [9.17, 15) is 9.18 Å². The van der Waals surface area contributed by atoms with Gasteiger partial charge in [-0.15, -0.1) is 16.4 Å². The van der Waals surface area contributed by atoms with Crippen LogP contribution in [0.15, 0.2) is 53.3 Å². The number of nitrogens with one attached hydrogen (secondary N) is 1. The lowest BCUT2D eigenvalue weighted by Gasteiger charge is -2.11. The maximum absolute atomic E-state index is 13.2. The van der Waals surface area contributed by atoms with Crippen LogP contribution in [-0.4, -0.2) is 27.0 Å². The molecule has 1 amide bonds. The molecule has 0 saturated heterocycles. The van der Waals surface area contributed by atoms with Crippen molar-refractivity contribution in [3.05, 3.63) is 58.9 Å². The second kappa shape index (κ2) is 9.23. The Morgan fingerprint density at radius 3 is 2.79 bits per heavy atom. The van der Waals surface area contributed by atoms with Gasteiger partial charge in [-0.2, -0.15) is 0 Å². The Morgan fingerprint density at radius 1 is 1.32 bits per heavy atom. The third-order valence-corrected chi connectivity index (χ3v) is 4.52. The Balaban J connectivity index is 1.76. The van der Waals surface area contributed by atoms with Gasteiger partial charge in [-0.3, -0.25) is 9.78 Å². The molecule has 0 saturated carbocycles. The zero-order chi connectivity index (χ0) is 19.9. The van der Waals surface area contributed by atoms with Crippen LogP contribution in [-0.2, 0) is 11.3 Å². The van der Waals surface area contributed by atoms with Crippen LogP contribution in [0.5, 0.6) is 5.88 Å². The smallest absolute Gasteiger partial charge is 0.278 e. The van der Waals surface area contributed by atoms with E-state index in [1.807, 2.05) is 9.95 Å². The molecule has 3 rings (SSSR count). The van der Waals surface area contributed by atoms with Crippen molar-refractivity contribution in [2.75, 3.05) is 6.61 Å². The number of carbonyl (C=O) groups excluding carboxylic acids is 1. The number of hydrogen-bond donors (Lipinski definition) is 1. The molecule has 28 heavy (non-hydrogen) atoms. The number of ether oxygens (including phenoxy) is 1. The van der Waals surface area contributed by atoms with Crippen LogP contribution in [0, 0.1) is 11.7 Å². The van der Waals surface area contributed by atoms with Gasteiger partial charge >= 0.3 is 0 Å². The molecule has 3 aromatic rings. The van der Waals surface area contributed by atoms with Gasteiger partial charge in [0.15, 0.2) is 6.61 Å².